The van der Waals surface area contributed by atoms with E-state index in [2.05, 4.69) is 20.1 Å². The van der Waals surface area contributed by atoms with Crippen LogP contribution in [0.2, 0.25) is 0 Å². The fraction of sp³-hybridized carbons (Fsp3) is 0.500. The Labute approximate surface area is 61.0 Å². The van der Waals surface area contributed by atoms with Crippen LogP contribution in [-0.2, 0) is 0 Å². The van der Waals surface area contributed by atoms with Crippen LogP contribution in [0.4, 0.5) is 0 Å². The number of allylic oxidation sites excluding steroid dienone is 1. The second kappa shape index (κ2) is 2.61. The Morgan fingerprint density at radius 2 is 2.11 bits per heavy atom. The van der Waals surface area contributed by atoms with Crippen LogP contribution < -0.4 is 0 Å². The first-order valence-electron chi connectivity index (χ1n) is 3.20. The Morgan fingerprint density at radius 1 is 1.44 bits per heavy atom. The lowest BCUT2D eigenvalue weighted by Gasteiger charge is -1.84. The van der Waals surface area contributed by atoms with Gasteiger partial charge in [-0.3, -0.25) is 0 Å². The van der Waals surface area contributed by atoms with Gasteiger partial charge in [-0.15, -0.1) is 18.3 Å². The number of thioether (sulfide) groups is 1. The summed E-state index contributed by atoms with van der Waals surface area (Å²) in [7, 11) is 0. The van der Waals surface area contributed by atoms with Crippen molar-refractivity contribution in [1.29, 1.82) is 0 Å². The Balaban J connectivity index is 2.32. The zero-order valence-electron chi connectivity index (χ0n) is 5.71. The molecule has 0 aromatic rings. The van der Waals surface area contributed by atoms with Gasteiger partial charge in [-0.25, -0.2) is 0 Å². The molecule has 9 heavy (non-hydrogen) atoms. The molecule has 0 spiro atoms. The van der Waals surface area contributed by atoms with Crippen LogP contribution in [0.1, 0.15) is 6.92 Å². The molecule has 1 aliphatic carbocycles. The highest BCUT2D eigenvalue weighted by Crippen LogP contribution is 2.48. The molecule has 1 aliphatic rings. The molecule has 1 saturated carbocycles. The van der Waals surface area contributed by atoms with E-state index in [1.165, 1.54) is 0 Å². The second-order valence-corrected chi connectivity index (χ2v) is 3.59. The molecule has 0 radical (unpaired) electrons. The molecule has 0 bridgehead atoms. The van der Waals surface area contributed by atoms with Crippen LogP contribution in [0.25, 0.3) is 0 Å². The summed E-state index contributed by atoms with van der Waals surface area (Å²) < 4.78 is 0. The Hall–Kier alpha value is -0.170. The predicted molar refractivity (Wildman–Crippen MR) is 44.4 cm³/mol. The van der Waals surface area contributed by atoms with Crippen LogP contribution in [0.3, 0.4) is 0 Å². The zero-order chi connectivity index (χ0) is 6.85. The highest BCUT2D eigenvalue weighted by Gasteiger charge is 2.43. The van der Waals surface area contributed by atoms with Crippen LogP contribution >= 0.6 is 11.8 Å². The minimum atomic E-state index is 0.744. The van der Waals surface area contributed by atoms with Crippen molar-refractivity contribution < 1.29 is 0 Å². The number of hydrogen-bond acceptors (Lipinski definition) is 1. The summed E-state index contributed by atoms with van der Waals surface area (Å²) in [6, 6.07) is 0. The zero-order valence-corrected chi connectivity index (χ0v) is 6.53. The normalized spacial score (nSPS) is 39.9. The van der Waals surface area contributed by atoms with Crippen molar-refractivity contribution >= 4 is 11.8 Å². The largest absolute Gasteiger partial charge is 0.130 e. The van der Waals surface area contributed by atoms with Crippen molar-refractivity contribution in [3.05, 3.63) is 24.6 Å². The van der Waals surface area contributed by atoms with Gasteiger partial charge in [0.25, 0.3) is 0 Å². The summed E-state index contributed by atoms with van der Waals surface area (Å²) in [6.45, 7) is 9.69. The molecule has 0 N–H and O–H groups in total. The molecular formula is C8H12S. The van der Waals surface area contributed by atoms with E-state index in [4.69, 9.17) is 0 Å². The lowest BCUT2D eigenvalue weighted by molar-refractivity contribution is 0.901. The van der Waals surface area contributed by atoms with Gasteiger partial charge in [0.1, 0.15) is 0 Å². The SMILES string of the molecule is C=CSC1C(C)C1C=C. The predicted octanol–water partition coefficient (Wildman–Crippen LogP) is 2.68. The van der Waals surface area contributed by atoms with E-state index in [0.29, 0.717) is 0 Å². The van der Waals surface area contributed by atoms with Crippen molar-refractivity contribution in [2.24, 2.45) is 11.8 Å². The highest BCUT2D eigenvalue weighted by molar-refractivity contribution is 8.03. The summed E-state index contributed by atoms with van der Waals surface area (Å²) in [5.41, 5.74) is 0. The van der Waals surface area contributed by atoms with E-state index in [9.17, 15) is 0 Å². The number of rotatable bonds is 3. The smallest absolute Gasteiger partial charge is 0.0185 e. The van der Waals surface area contributed by atoms with E-state index in [0.717, 1.165) is 17.1 Å². The van der Waals surface area contributed by atoms with E-state index in [-0.39, 0.29) is 0 Å². The van der Waals surface area contributed by atoms with Crippen LogP contribution in [-0.4, -0.2) is 5.25 Å². The van der Waals surface area contributed by atoms with Crippen molar-refractivity contribution in [3.63, 3.8) is 0 Å². The molecule has 50 valence electrons. The van der Waals surface area contributed by atoms with Crippen LogP contribution in [0.15, 0.2) is 24.6 Å². The van der Waals surface area contributed by atoms with E-state index < -0.39 is 0 Å². The fourth-order valence-corrected chi connectivity index (χ4v) is 2.23. The van der Waals surface area contributed by atoms with Gasteiger partial charge >= 0.3 is 0 Å². The van der Waals surface area contributed by atoms with Gasteiger partial charge in [-0.2, -0.15) is 0 Å². The molecule has 1 rings (SSSR count). The van der Waals surface area contributed by atoms with Gasteiger partial charge in [-0.05, 0) is 17.2 Å². The molecule has 3 unspecified atom stereocenters. The molecule has 0 aromatic heterocycles. The van der Waals surface area contributed by atoms with E-state index in [1.807, 2.05) is 23.2 Å². The number of hydrogen-bond donors (Lipinski definition) is 0. The van der Waals surface area contributed by atoms with Crippen molar-refractivity contribution in [1.82, 2.24) is 0 Å². The van der Waals surface area contributed by atoms with Crippen molar-refractivity contribution in [2.45, 2.75) is 12.2 Å². The first-order valence-corrected chi connectivity index (χ1v) is 4.14. The summed E-state index contributed by atoms with van der Waals surface area (Å²) in [5.74, 6) is 1.57. The van der Waals surface area contributed by atoms with Gasteiger partial charge in [0.15, 0.2) is 0 Å². The molecular weight excluding hydrogens is 128 g/mol. The van der Waals surface area contributed by atoms with Crippen molar-refractivity contribution in [3.8, 4) is 0 Å². The maximum absolute atomic E-state index is 3.76. The maximum atomic E-state index is 3.76. The van der Waals surface area contributed by atoms with Gasteiger partial charge in [0.05, 0.1) is 0 Å². The summed E-state index contributed by atoms with van der Waals surface area (Å²) in [6.07, 6.45) is 2.05. The molecule has 0 saturated heterocycles. The average molecular weight is 140 g/mol. The Bertz CT molecular complexity index is 129. The average Bonchev–Trinajstić information content (AvgIpc) is 2.44. The molecule has 1 fully saturated rings. The maximum Gasteiger partial charge on any atom is 0.0185 e. The fourth-order valence-electron chi connectivity index (χ4n) is 1.13. The third kappa shape index (κ3) is 1.21. The molecule has 1 heteroatoms. The third-order valence-electron chi connectivity index (χ3n) is 1.89. The summed E-state index contributed by atoms with van der Waals surface area (Å²) in [4.78, 5) is 0. The summed E-state index contributed by atoms with van der Waals surface area (Å²) in [5, 5.41) is 2.70. The molecule has 0 nitrogen and oxygen atoms in total. The lowest BCUT2D eigenvalue weighted by Crippen LogP contribution is -1.72. The van der Waals surface area contributed by atoms with Gasteiger partial charge < -0.3 is 0 Å². The molecule has 3 atom stereocenters. The Kier molecular flexibility index (Phi) is 2.01. The van der Waals surface area contributed by atoms with E-state index >= 15 is 0 Å². The van der Waals surface area contributed by atoms with Gasteiger partial charge in [0, 0.05) is 5.25 Å². The van der Waals surface area contributed by atoms with Crippen LogP contribution in [0.5, 0.6) is 0 Å². The van der Waals surface area contributed by atoms with Gasteiger partial charge in [0.2, 0.25) is 0 Å². The minimum Gasteiger partial charge on any atom is -0.130 e. The van der Waals surface area contributed by atoms with Crippen molar-refractivity contribution in [2.75, 3.05) is 0 Å². The summed E-state index contributed by atoms with van der Waals surface area (Å²) >= 11 is 1.83. The molecule has 0 aliphatic heterocycles. The van der Waals surface area contributed by atoms with Crippen LogP contribution in [0, 0.1) is 11.8 Å². The highest BCUT2D eigenvalue weighted by atomic mass is 32.2. The molecule has 0 aromatic carbocycles. The first kappa shape index (κ1) is 6.94. The standard InChI is InChI=1S/C8H12S/c1-4-7-6(3)8(7)9-5-2/h4-8H,1-2H2,3H3. The quantitative estimate of drug-likeness (QED) is 0.543. The first-order chi connectivity index (χ1) is 4.31. The molecule has 0 amide bonds. The third-order valence-corrected chi connectivity index (χ3v) is 3.14. The van der Waals surface area contributed by atoms with Gasteiger partial charge in [-0.1, -0.05) is 19.6 Å². The lowest BCUT2D eigenvalue weighted by atomic mass is 10.3. The molecule has 0 heterocycles. The topological polar surface area (TPSA) is 0 Å². The monoisotopic (exact) mass is 140 g/mol. The second-order valence-electron chi connectivity index (χ2n) is 2.44. The van der Waals surface area contributed by atoms with E-state index in [1.54, 1.807) is 0 Å². The Morgan fingerprint density at radius 3 is 2.44 bits per heavy atom. The minimum absolute atomic E-state index is 0.744.